The first-order chi connectivity index (χ1) is 19.1. The molecule has 7 rings (SSSR count). The number of nitrogens with one attached hydrogen (secondary N) is 1. The molecule has 2 unspecified atom stereocenters. The number of fused-ring (bicyclic) bond motifs is 4. The van der Waals surface area contributed by atoms with Crippen LogP contribution in [-0.2, 0) is 13.5 Å². The summed E-state index contributed by atoms with van der Waals surface area (Å²) in [7, 11) is 1.95. The molecular weight excluding hydrogens is 493 g/mol. The first-order valence-corrected chi connectivity index (χ1v) is 13.6. The van der Waals surface area contributed by atoms with Gasteiger partial charge in [-0.05, 0) is 36.1 Å². The molecule has 2 aliphatic heterocycles. The lowest BCUT2D eigenvalue weighted by Gasteiger charge is -2.27. The van der Waals surface area contributed by atoms with Crippen molar-refractivity contribution in [3.63, 3.8) is 0 Å². The van der Waals surface area contributed by atoms with E-state index in [2.05, 4.69) is 25.2 Å². The third-order valence-corrected chi connectivity index (χ3v) is 8.03. The summed E-state index contributed by atoms with van der Waals surface area (Å²) in [5.41, 5.74) is 1.24. The number of hydrogen-bond donors (Lipinski definition) is 1. The Morgan fingerprint density at radius 3 is 2.87 bits per heavy atom. The third kappa shape index (κ3) is 4.46. The lowest BCUT2D eigenvalue weighted by molar-refractivity contribution is 0.293. The van der Waals surface area contributed by atoms with Crippen molar-refractivity contribution in [1.82, 2.24) is 29.8 Å². The maximum Gasteiger partial charge on any atom is 0.319 e. The summed E-state index contributed by atoms with van der Waals surface area (Å²) < 4.78 is 24.4. The van der Waals surface area contributed by atoms with Crippen LogP contribution in [-0.4, -0.2) is 56.8 Å². The molecule has 2 atom stereocenters. The van der Waals surface area contributed by atoms with Crippen LogP contribution in [0.2, 0.25) is 0 Å². The lowest BCUT2D eigenvalue weighted by atomic mass is 10.0. The van der Waals surface area contributed by atoms with Crippen molar-refractivity contribution >= 4 is 27.5 Å². The molecule has 5 aromatic rings. The van der Waals surface area contributed by atoms with Gasteiger partial charge in [0.25, 0.3) is 0 Å². The molecule has 0 aliphatic carbocycles. The van der Waals surface area contributed by atoms with Gasteiger partial charge >= 0.3 is 6.01 Å². The van der Waals surface area contributed by atoms with Crippen LogP contribution < -0.4 is 15.0 Å². The van der Waals surface area contributed by atoms with Crippen molar-refractivity contribution in [2.45, 2.75) is 25.3 Å². The monoisotopic (exact) mass is 523 g/mol. The minimum absolute atomic E-state index is 0.169. The minimum atomic E-state index is -0.462. The van der Waals surface area contributed by atoms with Crippen LogP contribution in [0.1, 0.15) is 18.7 Å². The van der Waals surface area contributed by atoms with Gasteiger partial charge in [-0.1, -0.05) is 42.5 Å². The second kappa shape index (κ2) is 9.89. The first kappa shape index (κ1) is 24.0. The number of aryl methyl sites for hydroxylation is 1. The van der Waals surface area contributed by atoms with E-state index in [1.54, 1.807) is 12.4 Å². The number of aromatic nitrogens is 5. The van der Waals surface area contributed by atoms with Crippen LogP contribution in [0.25, 0.3) is 32.9 Å². The van der Waals surface area contributed by atoms with Gasteiger partial charge in [0.2, 0.25) is 0 Å². The summed E-state index contributed by atoms with van der Waals surface area (Å²) in [6.07, 6.45) is 8.20. The standard InChI is InChI=1S/C30H30FN7O/c1-37-13-11-32-25(37)10-14-39-30-35-28-24(29(36-30)38-12-9-19-15-21(18-38)33-16-19)17-34-27(26(28)31)23-8-4-6-20-5-2-3-7-22(20)23/h2-8,11,13,17,19,21,33H,9-10,12,14-16,18H2,1H3. The van der Waals surface area contributed by atoms with Crippen molar-refractivity contribution in [3.8, 4) is 17.3 Å². The van der Waals surface area contributed by atoms with Crippen molar-refractivity contribution in [1.29, 1.82) is 0 Å². The van der Waals surface area contributed by atoms with Crippen molar-refractivity contribution < 1.29 is 9.13 Å². The van der Waals surface area contributed by atoms with E-state index in [4.69, 9.17) is 9.72 Å². The Morgan fingerprint density at radius 1 is 1.08 bits per heavy atom. The van der Waals surface area contributed by atoms with E-state index < -0.39 is 5.82 Å². The van der Waals surface area contributed by atoms with Crippen molar-refractivity contribution in [3.05, 3.63) is 72.7 Å². The molecule has 9 heteroatoms. The normalized spacial score (nSPS) is 19.1. The zero-order valence-electron chi connectivity index (χ0n) is 21.8. The van der Waals surface area contributed by atoms with Gasteiger partial charge in [-0.2, -0.15) is 9.97 Å². The van der Waals surface area contributed by atoms with E-state index in [1.807, 2.05) is 60.3 Å². The molecule has 2 saturated heterocycles. The van der Waals surface area contributed by atoms with Gasteiger partial charge in [0.15, 0.2) is 5.82 Å². The molecule has 0 radical (unpaired) electrons. The summed E-state index contributed by atoms with van der Waals surface area (Å²) in [4.78, 5) is 20.7. The number of imidazole rings is 1. The van der Waals surface area contributed by atoms with Crippen LogP contribution in [0.4, 0.5) is 10.2 Å². The van der Waals surface area contributed by atoms with Gasteiger partial charge in [-0.3, -0.25) is 4.98 Å². The van der Waals surface area contributed by atoms with Crippen LogP contribution in [0, 0.1) is 11.7 Å². The maximum absolute atomic E-state index is 16.4. The summed E-state index contributed by atoms with van der Waals surface area (Å²) >= 11 is 0. The number of benzene rings is 2. The fourth-order valence-electron chi connectivity index (χ4n) is 5.97. The Morgan fingerprint density at radius 2 is 1.97 bits per heavy atom. The number of rotatable bonds is 6. The number of nitrogens with zero attached hydrogens (tertiary/aromatic N) is 6. The summed E-state index contributed by atoms with van der Waals surface area (Å²) in [5, 5.41) is 6.20. The molecular formula is C30H30FN7O. The predicted octanol–water partition coefficient (Wildman–Crippen LogP) is 4.53. The van der Waals surface area contributed by atoms with Gasteiger partial charge in [0, 0.05) is 56.8 Å². The average molecular weight is 524 g/mol. The van der Waals surface area contributed by atoms with Crippen LogP contribution in [0.5, 0.6) is 6.01 Å². The van der Waals surface area contributed by atoms with Gasteiger partial charge < -0.3 is 19.5 Å². The van der Waals surface area contributed by atoms with Crippen LogP contribution >= 0.6 is 0 Å². The SMILES string of the molecule is Cn1ccnc1CCOc1nc(N2CCC3CNC(C3)C2)c2cnc(-c3cccc4ccccc34)c(F)c2n1. The largest absolute Gasteiger partial charge is 0.463 e. The molecule has 0 amide bonds. The van der Waals surface area contributed by atoms with Crippen LogP contribution in [0.15, 0.2) is 61.1 Å². The number of hydrogen-bond acceptors (Lipinski definition) is 7. The molecule has 2 aromatic carbocycles. The molecule has 2 aliphatic rings. The zero-order valence-corrected chi connectivity index (χ0v) is 21.8. The number of halogens is 1. The fraction of sp³-hybridized carbons (Fsp3) is 0.333. The second-order valence-corrected chi connectivity index (χ2v) is 10.5. The average Bonchev–Trinajstić information content (AvgIpc) is 3.52. The Labute approximate surface area is 225 Å². The minimum Gasteiger partial charge on any atom is -0.463 e. The molecule has 0 saturated carbocycles. The molecule has 1 N–H and O–H groups in total. The molecule has 0 spiro atoms. The lowest BCUT2D eigenvalue weighted by Crippen LogP contribution is -2.39. The summed E-state index contributed by atoms with van der Waals surface area (Å²) in [6.45, 7) is 3.07. The van der Waals surface area contributed by atoms with E-state index >= 15 is 4.39 Å². The Balaban J connectivity index is 1.32. The molecule has 39 heavy (non-hydrogen) atoms. The van der Waals surface area contributed by atoms with E-state index in [9.17, 15) is 0 Å². The van der Waals surface area contributed by atoms with Gasteiger partial charge in [0.1, 0.15) is 22.9 Å². The quantitative estimate of drug-likeness (QED) is 0.350. The maximum atomic E-state index is 16.4. The van der Waals surface area contributed by atoms with Crippen molar-refractivity contribution in [2.24, 2.45) is 13.0 Å². The molecule has 5 heterocycles. The van der Waals surface area contributed by atoms with Crippen molar-refractivity contribution in [2.75, 3.05) is 31.1 Å². The van der Waals surface area contributed by atoms with E-state index in [0.29, 0.717) is 36.2 Å². The Hall–Kier alpha value is -4.11. The molecule has 2 fully saturated rings. The number of pyridine rings is 1. The van der Waals surface area contributed by atoms with Gasteiger partial charge in [-0.25, -0.2) is 9.37 Å². The topological polar surface area (TPSA) is 81.0 Å². The van der Waals surface area contributed by atoms with E-state index in [-0.39, 0.29) is 17.2 Å². The highest BCUT2D eigenvalue weighted by atomic mass is 19.1. The smallest absolute Gasteiger partial charge is 0.319 e. The number of anilines is 1. The van der Waals surface area contributed by atoms with Crippen LogP contribution in [0.3, 0.4) is 0 Å². The highest BCUT2D eigenvalue weighted by Crippen LogP contribution is 2.36. The predicted molar refractivity (Wildman–Crippen MR) is 149 cm³/mol. The summed E-state index contributed by atoms with van der Waals surface area (Å²) in [6, 6.07) is 14.4. The fourth-order valence-corrected chi connectivity index (χ4v) is 5.97. The molecule has 3 aromatic heterocycles. The molecule has 198 valence electrons. The number of ether oxygens (including phenoxy) is 1. The highest BCUT2D eigenvalue weighted by molar-refractivity contribution is 5.99. The molecule has 2 bridgehead atoms. The Kier molecular flexibility index (Phi) is 6.08. The van der Waals surface area contributed by atoms with Gasteiger partial charge in [-0.15, -0.1) is 0 Å². The zero-order chi connectivity index (χ0) is 26.3. The Bertz CT molecular complexity index is 1660. The third-order valence-electron chi connectivity index (χ3n) is 8.03. The highest BCUT2D eigenvalue weighted by Gasteiger charge is 2.31. The van der Waals surface area contributed by atoms with Gasteiger partial charge in [0.05, 0.1) is 12.0 Å². The van der Waals surface area contributed by atoms with E-state index in [0.717, 1.165) is 54.6 Å². The van der Waals surface area contributed by atoms with E-state index in [1.165, 1.54) is 0 Å². The second-order valence-electron chi connectivity index (χ2n) is 10.5. The molecule has 8 nitrogen and oxygen atoms in total. The summed E-state index contributed by atoms with van der Waals surface area (Å²) in [5.74, 6) is 1.78. The first-order valence-electron chi connectivity index (χ1n) is 13.6.